The summed E-state index contributed by atoms with van der Waals surface area (Å²) in [6.45, 7) is 3.23. The Balaban J connectivity index is 1.18. The molecule has 0 bridgehead atoms. The number of anilines is 2. The molecule has 3 heterocycles. The number of carbonyl (C=O) groups excluding carboxylic acids is 2. The summed E-state index contributed by atoms with van der Waals surface area (Å²) in [6.07, 6.45) is 1.95. The Kier molecular flexibility index (Phi) is 6.06. The molecular weight excluding hydrogens is 522 g/mol. The fraction of sp³-hybridized carbons (Fsp3) is 0.333. The number of nitrogens with two attached hydrogens (primary N) is 1. The first-order chi connectivity index (χ1) is 18.8. The number of aromatic amines is 1. The average Bonchev–Trinajstić information content (AvgIpc) is 3.50. The van der Waals surface area contributed by atoms with Crippen LogP contribution >= 0.6 is 11.3 Å². The zero-order valence-corrected chi connectivity index (χ0v) is 21.9. The number of amides is 1. The zero-order chi connectivity index (χ0) is 27.4. The molecule has 11 nitrogen and oxygen atoms in total. The quantitative estimate of drug-likeness (QED) is 0.238. The van der Waals surface area contributed by atoms with Crippen LogP contribution in [0.3, 0.4) is 0 Å². The van der Waals surface area contributed by atoms with Gasteiger partial charge in [0, 0.05) is 24.5 Å². The summed E-state index contributed by atoms with van der Waals surface area (Å²) in [5.41, 5.74) is 8.00. The fourth-order valence-corrected chi connectivity index (χ4v) is 6.77. The first kappa shape index (κ1) is 25.0. The second kappa shape index (κ2) is 9.45. The topological polar surface area (TPSA) is 165 Å². The van der Waals surface area contributed by atoms with Gasteiger partial charge in [0.2, 0.25) is 5.82 Å². The highest BCUT2D eigenvalue weighted by Crippen LogP contribution is 2.42. The van der Waals surface area contributed by atoms with Crippen molar-refractivity contribution < 1.29 is 14.3 Å². The number of fused-ring (bicyclic) bond motifs is 4. The summed E-state index contributed by atoms with van der Waals surface area (Å²) in [4.78, 5) is 71.9. The number of benzene rings is 1. The standard InChI is InChI=1S/C27H25N5O6S/c1-2-38-27(37)15-5-6-16-17(15)18-24(35)30-23(31-26(18)39-16)25(36)29-10-12-3-4-13-7-8-32(11-14(13)9-12)20-19(28)21(33)22(20)34/h3-4,9,15H,2,5-8,10-11,28H2,1H3,(H,29,36)(H,30,31,35). The maximum atomic E-state index is 13.0. The van der Waals surface area contributed by atoms with E-state index in [0.29, 0.717) is 48.1 Å². The molecule has 0 saturated heterocycles. The first-order valence-corrected chi connectivity index (χ1v) is 13.5. The predicted molar refractivity (Wildman–Crippen MR) is 146 cm³/mol. The fourth-order valence-electron chi connectivity index (χ4n) is 5.52. The summed E-state index contributed by atoms with van der Waals surface area (Å²) in [6, 6.07) is 5.85. The minimum atomic E-state index is -0.636. The van der Waals surface area contributed by atoms with Crippen molar-refractivity contribution in [3.63, 3.8) is 0 Å². The normalized spacial score (nSPS) is 16.3. The van der Waals surface area contributed by atoms with Crippen LogP contribution in [-0.2, 0) is 35.5 Å². The van der Waals surface area contributed by atoms with Crippen molar-refractivity contribution in [3.8, 4) is 0 Å². The number of H-pyrrole nitrogens is 1. The van der Waals surface area contributed by atoms with Gasteiger partial charge in [-0.15, -0.1) is 11.3 Å². The molecule has 2 aromatic carbocycles. The molecule has 1 unspecified atom stereocenters. The number of hydrogen-bond acceptors (Lipinski definition) is 10. The lowest BCUT2D eigenvalue weighted by atomic mass is 9.96. The van der Waals surface area contributed by atoms with Crippen molar-refractivity contribution in [2.24, 2.45) is 0 Å². The Morgan fingerprint density at radius 2 is 2.03 bits per heavy atom. The van der Waals surface area contributed by atoms with E-state index in [2.05, 4.69) is 15.3 Å². The van der Waals surface area contributed by atoms with Crippen molar-refractivity contribution >= 4 is 44.8 Å². The Morgan fingerprint density at radius 1 is 1.21 bits per heavy atom. The number of esters is 1. The highest BCUT2D eigenvalue weighted by molar-refractivity contribution is 7.18. The molecule has 2 aliphatic rings. The maximum Gasteiger partial charge on any atom is 0.313 e. The smallest absolute Gasteiger partial charge is 0.313 e. The lowest BCUT2D eigenvalue weighted by Crippen LogP contribution is -2.44. The van der Waals surface area contributed by atoms with E-state index in [1.807, 2.05) is 23.1 Å². The minimum Gasteiger partial charge on any atom is -0.466 e. The highest BCUT2D eigenvalue weighted by atomic mass is 32.1. The van der Waals surface area contributed by atoms with Gasteiger partial charge in [0.1, 0.15) is 16.2 Å². The Hall–Kier alpha value is -4.32. The Bertz CT molecular complexity index is 1800. The number of hydrogen-bond donors (Lipinski definition) is 3. The van der Waals surface area contributed by atoms with E-state index in [9.17, 15) is 24.0 Å². The largest absolute Gasteiger partial charge is 0.466 e. The number of rotatable bonds is 6. The molecule has 4 N–H and O–H groups in total. The van der Waals surface area contributed by atoms with Crippen LogP contribution in [0.15, 0.2) is 32.6 Å². The Morgan fingerprint density at radius 3 is 2.79 bits per heavy atom. The van der Waals surface area contributed by atoms with Crippen LogP contribution < -0.4 is 32.4 Å². The second-order valence-electron chi connectivity index (χ2n) is 9.75. The number of carbonyl (C=O) groups is 2. The van der Waals surface area contributed by atoms with E-state index in [1.165, 1.54) is 11.3 Å². The highest BCUT2D eigenvalue weighted by Gasteiger charge is 2.35. The number of nitrogens with one attached hydrogen (secondary N) is 2. The SMILES string of the molecule is CCOC(=O)C1CCc2sc3nc(C(=O)NCc4ccc5c(c4)CN(c4c(N)c(=O)c4=O)CC5)[nH]c(=O)c3c21. The third-order valence-electron chi connectivity index (χ3n) is 7.44. The third kappa shape index (κ3) is 4.11. The number of nitrogens with zero attached hydrogens (tertiary/aromatic N) is 2. The van der Waals surface area contributed by atoms with Gasteiger partial charge in [0.15, 0.2) is 0 Å². The van der Waals surface area contributed by atoms with Crippen LogP contribution in [-0.4, -0.2) is 35.0 Å². The first-order valence-electron chi connectivity index (χ1n) is 12.7. The summed E-state index contributed by atoms with van der Waals surface area (Å²) in [5, 5.41) is 3.15. The maximum absolute atomic E-state index is 13.0. The third-order valence-corrected chi connectivity index (χ3v) is 8.60. The number of nitrogen functional groups attached to an aromatic ring is 1. The summed E-state index contributed by atoms with van der Waals surface area (Å²) in [5.74, 6) is -1.47. The van der Waals surface area contributed by atoms with E-state index < -0.39 is 28.2 Å². The van der Waals surface area contributed by atoms with Gasteiger partial charge in [0.05, 0.1) is 17.9 Å². The van der Waals surface area contributed by atoms with Gasteiger partial charge in [-0.2, -0.15) is 0 Å². The lowest BCUT2D eigenvalue weighted by molar-refractivity contribution is -0.144. The summed E-state index contributed by atoms with van der Waals surface area (Å²) < 4.78 is 5.18. The monoisotopic (exact) mass is 547 g/mol. The number of thiophene rings is 1. The van der Waals surface area contributed by atoms with Crippen LogP contribution in [0.4, 0.5) is 11.4 Å². The van der Waals surface area contributed by atoms with Crippen LogP contribution in [0.1, 0.15) is 57.0 Å². The van der Waals surface area contributed by atoms with E-state index in [4.69, 9.17) is 10.5 Å². The van der Waals surface area contributed by atoms with Crippen molar-refractivity contribution in [1.29, 1.82) is 0 Å². The van der Waals surface area contributed by atoms with Crippen molar-refractivity contribution in [2.75, 3.05) is 23.8 Å². The molecule has 2 aromatic heterocycles. The summed E-state index contributed by atoms with van der Waals surface area (Å²) >= 11 is 1.33. The Labute approximate surface area is 225 Å². The van der Waals surface area contributed by atoms with E-state index in [1.54, 1.807) is 6.92 Å². The molecule has 12 heteroatoms. The van der Waals surface area contributed by atoms with Gasteiger partial charge < -0.3 is 25.7 Å². The van der Waals surface area contributed by atoms with E-state index in [0.717, 1.165) is 21.6 Å². The van der Waals surface area contributed by atoms with Gasteiger partial charge in [-0.3, -0.25) is 24.0 Å². The molecule has 6 rings (SSSR count). The molecular formula is C27H25N5O6S. The zero-order valence-electron chi connectivity index (χ0n) is 21.1. The summed E-state index contributed by atoms with van der Waals surface area (Å²) in [7, 11) is 0. The molecule has 1 aliphatic heterocycles. The van der Waals surface area contributed by atoms with Gasteiger partial charge in [-0.05, 0) is 48.4 Å². The number of aryl methyl sites for hydroxylation is 1. The van der Waals surface area contributed by atoms with Crippen molar-refractivity contribution in [3.05, 3.63) is 82.0 Å². The van der Waals surface area contributed by atoms with Gasteiger partial charge >= 0.3 is 5.97 Å². The predicted octanol–water partition coefficient (Wildman–Crippen LogP) is 1.25. The number of ether oxygens (including phenoxy) is 1. The van der Waals surface area contributed by atoms with Crippen LogP contribution in [0.2, 0.25) is 0 Å². The molecule has 1 amide bonds. The van der Waals surface area contributed by atoms with Crippen molar-refractivity contribution in [1.82, 2.24) is 15.3 Å². The van der Waals surface area contributed by atoms with Gasteiger partial charge in [-0.25, -0.2) is 4.98 Å². The number of aromatic nitrogens is 2. The lowest BCUT2D eigenvalue weighted by Gasteiger charge is -2.32. The molecule has 0 fully saturated rings. The van der Waals surface area contributed by atoms with Crippen molar-refractivity contribution in [2.45, 2.75) is 45.2 Å². The minimum absolute atomic E-state index is 0.0118. The van der Waals surface area contributed by atoms with Crippen LogP contribution in [0.25, 0.3) is 10.2 Å². The molecule has 0 radical (unpaired) electrons. The molecule has 0 saturated carbocycles. The van der Waals surface area contributed by atoms with Gasteiger partial charge in [0.25, 0.3) is 22.3 Å². The van der Waals surface area contributed by atoms with Crippen LogP contribution in [0, 0.1) is 0 Å². The average molecular weight is 548 g/mol. The molecule has 4 aromatic rings. The molecule has 1 aliphatic carbocycles. The molecule has 39 heavy (non-hydrogen) atoms. The van der Waals surface area contributed by atoms with Crippen LogP contribution in [0.5, 0.6) is 0 Å². The van der Waals surface area contributed by atoms with Gasteiger partial charge in [-0.1, -0.05) is 18.2 Å². The molecule has 1 atom stereocenters. The van der Waals surface area contributed by atoms with E-state index in [-0.39, 0.29) is 36.3 Å². The second-order valence-corrected chi connectivity index (χ2v) is 10.8. The molecule has 200 valence electrons. The molecule has 0 spiro atoms. The van der Waals surface area contributed by atoms with E-state index >= 15 is 0 Å².